The van der Waals surface area contributed by atoms with Gasteiger partial charge in [-0.3, -0.25) is 4.79 Å². The van der Waals surface area contributed by atoms with Gasteiger partial charge in [0, 0.05) is 6.42 Å². The summed E-state index contributed by atoms with van der Waals surface area (Å²) in [4.78, 5) is 10.7. The van der Waals surface area contributed by atoms with E-state index in [1.165, 1.54) is 12.0 Å². The van der Waals surface area contributed by atoms with Crippen LogP contribution in [0.15, 0.2) is 24.3 Å². The highest BCUT2D eigenvalue weighted by Gasteiger charge is 2.05. The lowest BCUT2D eigenvalue weighted by atomic mass is 9.98. The Labute approximate surface area is 109 Å². The van der Waals surface area contributed by atoms with Crippen LogP contribution in [0.1, 0.15) is 44.6 Å². The van der Waals surface area contributed by atoms with Crippen LogP contribution in [0.2, 0.25) is 0 Å². The lowest BCUT2D eigenvalue weighted by Gasteiger charge is -2.08. The van der Waals surface area contributed by atoms with E-state index in [0.717, 1.165) is 25.7 Å². The van der Waals surface area contributed by atoms with Crippen LogP contribution in [0.25, 0.3) is 0 Å². The zero-order valence-corrected chi connectivity index (χ0v) is 11.1. The van der Waals surface area contributed by atoms with Gasteiger partial charge >= 0.3 is 0 Å². The van der Waals surface area contributed by atoms with Gasteiger partial charge in [0.15, 0.2) is 0 Å². The third-order valence-corrected chi connectivity index (χ3v) is 3.15. The van der Waals surface area contributed by atoms with Gasteiger partial charge in [0.05, 0.1) is 0 Å². The number of phenols is 1. The Bertz CT molecular complexity index is 359. The highest BCUT2D eigenvalue weighted by atomic mass is 16.3. The van der Waals surface area contributed by atoms with E-state index in [4.69, 9.17) is 10.8 Å². The van der Waals surface area contributed by atoms with Crippen molar-refractivity contribution in [2.24, 2.45) is 11.7 Å². The van der Waals surface area contributed by atoms with Crippen LogP contribution in [0, 0.1) is 5.92 Å². The van der Waals surface area contributed by atoms with Crippen molar-refractivity contribution >= 4 is 5.91 Å². The number of benzene rings is 1. The Morgan fingerprint density at radius 1 is 1.22 bits per heavy atom. The molecule has 3 heteroatoms. The molecule has 100 valence electrons. The van der Waals surface area contributed by atoms with E-state index in [1.54, 1.807) is 12.1 Å². The van der Waals surface area contributed by atoms with Gasteiger partial charge in [0.1, 0.15) is 5.75 Å². The maximum absolute atomic E-state index is 10.7. The number of carbonyl (C=O) groups is 1. The van der Waals surface area contributed by atoms with Gasteiger partial charge < -0.3 is 10.8 Å². The second-order valence-electron chi connectivity index (χ2n) is 5.04. The molecular weight excluding hydrogens is 226 g/mol. The van der Waals surface area contributed by atoms with E-state index in [1.807, 2.05) is 12.1 Å². The summed E-state index contributed by atoms with van der Waals surface area (Å²) >= 11 is 0. The summed E-state index contributed by atoms with van der Waals surface area (Å²) in [5.41, 5.74) is 6.41. The molecule has 0 radical (unpaired) electrons. The summed E-state index contributed by atoms with van der Waals surface area (Å²) < 4.78 is 0. The van der Waals surface area contributed by atoms with E-state index in [2.05, 4.69) is 6.92 Å². The molecule has 1 atom stereocenters. The number of nitrogens with two attached hydrogens (primary N) is 1. The maximum atomic E-state index is 10.7. The van der Waals surface area contributed by atoms with Crippen molar-refractivity contribution in [1.29, 1.82) is 0 Å². The highest BCUT2D eigenvalue weighted by molar-refractivity contribution is 5.73. The number of hydrogen-bond donors (Lipinski definition) is 2. The molecule has 1 amide bonds. The Hall–Kier alpha value is -1.51. The maximum Gasteiger partial charge on any atom is 0.217 e. The predicted molar refractivity (Wildman–Crippen MR) is 73.3 cm³/mol. The summed E-state index contributed by atoms with van der Waals surface area (Å²) in [6.07, 6.45) is 6.07. The molecular formula is C15H23NO2. The minimum absolute atomic E-state index is 0.202. The largest absolute Gasteiger partial charge is 0.508 e. The van der Waals surface area contributed by atoms with Crippen LogP contribution in [-0.2, 0) is 11.2 Å². The molecule has 0 bridgehead atoms. The van der Waals surface area contributed by atoms with Gasteiger partial charge in [-0.2, -0.15) is 0 Å². The monoisotopic (exact) mass is 249 g/mol. The van der Waals surface area contributed by atoms with E-state index >= 15 is 0 Å². The standard InChI is InChI=1S/C15H23NO2/c1-12(11-15(16)18)5-3-2-4-6-13-7-9-14(17)10-8-13/h7-10,12,17H,2-6,11H2,1H3,(H2,16,18)/t12-/m1/s1. The van der Waals surface area contributed by atoms with Crippen LogP contribution in [0.4, 0.5) is 0 Å². The number of hydrogen-bond acceptors (Lipinski definition) is 2. The van der Waals surface area contributed by atoms with Crippen LogP contribution < -0.4 is 5.73 Å². The van der Waals surface area contributed by atoms with Crippen LogP contribution >= 0.6 is 0 Å². The van der Waals surface area contributed by atoms with E-state index in [0.29, 0.717) is 18.1 Å². The zero-order valence-electron chi connectivity index (χ0n) is 11.1. The molecule has 0 unspecified atom stereocenters. The lowest BCUT2D eigenvalue weighted by Crippen LogP contribution is -2.14. The molecule has 0 aromatic heterocycles. The van der Waals surface area contributed by atoms with Gasteiger partial charge in [-0.25, -0.2) is 0 Å². The first-order valence-electron chi connectivity index (χ1n) is 6.64. The third kappa shape index (κ3) is 6.28. The number of primary amides is 1. The summed E-state index contributed by atoms with van der Waals surface area (Å²) in [6.45, 7) is 2.07. The first-order chi connectivity index (χ1) is 8.58. The summed E-state index contributed by atoms with van der Waals surface area (Å²) in [6, 6.07) is 7.38. The molecule has 18 heavy (non-hydrogen) atoms. The van der Waals surface area contributed by atoms with Crippen molar-refractivity contribution in [3.05, 3.63) is 29.8 Å². The van der Waals surface area contributed by atoms with Crippen LogP contribution in [0.5, 0.6) is 5.75 Å². The number of phenolic OH excluding ortho intramolecular Hbond substituents is 1. The topological polar surface area (TPSA) is 63.3 Å². The smallest absolute Gasteiger partial charge is 0.217 e. The fourth-order valence-corrected chi connectivity index (χ4v) is 2.11. The molecule has 1 aromatic carbocycles. The van der Waals surface area contributed by atoms with Crippen molar-refractivity contribution in [1.82, 2.24) is 0 Å². The van der Waals surface area contributed by atoms with E-state index < -0.39 is 0 Å². The molecule has 0 aliphatic carbocycles. The average Bonchev–Trinajstić information content (AvgIpc) is 2.30. The fraction of sp³-hybridized carbons (Fsp3) is 0.533. The molecule has 3 nitrogen and oxygen atoms in total. The molecule has 0 aliphatic heterocycles. The van der Waals surface area contributed by atoms with E-state index in [9.17, 15) is 4.79 Å². The number of rotatable bonds is 8. The summed E-state index contributed by atoms with van der Waals surface area (Å²) in [5, 5.41) is 9.16. The zero-order chi connectivity index (χ0) is 13.4. The van der Waals surface area contributed by atoms with Gasteiger partial charge in [-0.05, 0) is 36.5 Å². The molecule has 0 saturated carbocycles. The number of aromatic hydroxyl groups is 1. The minimum Gasteiger partial charge on any atom is -0.508 e. The number of unbranched alkanes of at least 4 members (excludes halogenated alkanes) is 2. The molecule has 0 heterocycles. The fourth-order valence-electron chi connectivity index (χ4n) is 2.11. The Kier molecular flexibility index (Phi) is 6.26. The predicted octanol–water partition coefficient (Wildman–Crippen LogP) is 3.01. The third-order valence-electron chi connectivity index (χ3n) is 3.15. The van der Waals surface area contributed by atoms with Crippen molar-refractivity contribution in [3.63, 3.8) is 0 Å². The van der Waals surface area contributed by atoms with Crippen molar-refractivity contribution in [2.45, 2.75) is 45.4 Å². The van der Waals surface area contributed by atoms with Crippen LogP contribution in [0.3, 0.4) is 0 Å². The first-order valence-corrected chi connectivity index (χ1v) is 6.64. The van der Waals surface area contributed by atoms with Crippen molar-refractivity contribution in [2.75, 3.05) is 0 Å². The molecule has 0 aliphatic rings. The number of amides is 1. The van der Waals surface area contributed by atoms with Crippen LogP contribution in [-0.4, -0.2) is 11.0 Å². The number of carbonyl (C=O) groups excluding carboxylic acids is 1. The molecule has 1 rings (SSSR count). The van der Waals surface area contributed by atoms with Gasteiger partial charge in [0.2, 0.25) is 5.91 Å². The first kappa shape index (κ1) is 14.6. The molecule has 3 N–H and O–H groups in total. The van der Waals surface area contributed by atoms with Crippen molar-refractivity contribution in [3.8, 4) is 5.75 Å². The molecule has 0 fully saturated rings. The number of aryl methyl sites for hydroxylation is 1. The summed E-state index contributed by atoms with van der Waals surface area (Å²) in [7, 11) is 0. The SMILES string of the molecule is C[C@H](CCCCCc1ccc(O)cc1)CC(N)=O. The summed E-state index contributed by atoms with van der Waals surface area (Å²) in [5.74, 6) is 0.516. The van der Waals surface area contributed by atoms with Crippen molar-refractivity contribution < 1.29 is 9.90 Å². The second-order valence-corrected chi connectivity index (χ2v) is 5.04. The Morgan fingerprint density at radius 3 is 2.50 bits per heavy atom. The van der Waals surface area contributed by atoms with Gasteiger partial charge in [-0.1, -0.05) is 38.3 Å². The lowest BCUT2D eigenvalue weighted by molar-refractivity contribution is -0.118. The minimum atomic E-state index is -0.202. The van der Waals surface area contributed by atoms with Gasteiger partial charge in [0.25, 0.3) is 0 Å². The Morgan fingerprint density at radius 2 is 1.89 bits per heavy atom. The van der Waals surface area contributed by atoms with E-state index in [-0.39, 0.29) is 5.91 Å². The van der Waals surface area contributed by atoms with Gasteiger partial charge in [-0.15, -0.1) is 0 Å². The molecule has 0 saturated heterocycles. The average molecular weight is 249 g/mol. The highest BCUT2D eigenvalue weighted by Crippen LogP contribution is 2.15. The Balaban J connectivity index is 2.08. The quantitative estimate of drug-likeness (QED) is 0.696. The molecule has 1 aromatic rings. The normalized spacial score (nSPS) is 12.3. The second kappa shape index (κ2) is 7.75. The molecule has 0 spiro atoms.